The largest absolute Gasteiger partial charge is 0.388 e. The van der Waals surface area contributed by atoms with E-state index in [1.54, 1.807) is 0 Å². The van der Waals surface area contributed by atoms with Crippen molar-refractivity contribution in [3.8, 4) is 0 Å². The summed E-state index contributed by atoms with van der Waals surface area (Å²) in [7, 11) is 0. The van der Waals surface area contributed by atoms with Gasteiger partial charge in [0.15, 0.2) is 0 Å². The molecule has 1 saturated carbocycles. The second-order valence-corrected chi connectivity index (χ2v) is 5.71. The lowest BCUT2D eigenvalue weighted by molar-refractivity contribution is -0.00197. The zero-order chi connectivity index (χ0) is 10.3. The van der Waals surface area contributed by atoms with Gasteiger partial charge < -0.3 is 10.8 Å². The molecule has 1 aliphatic rings. The summed E-state index contributed by atoms with van der Waals surface area (Å²) >= 11 is 0. The molecule has 0 aromatic heterocycles. The second-order valence-electron chi connectivity index (χ2n) is 5.71. The summed E-state index contributed by atoms with van der Waals surface area (Å²) in [6.07, 6.45) is 2.79. The molecule has 0 aromatic carbocycles. The Labute approximate surface area is 81.5 Å². The smallest absolute Gasteiger partial charge is 0.0805 e. The molecule has 0 bridgehead atoms. The van der Waals surface area contributed by atoms with Crippen molar-refractivity contribution in [2.45, 2.75) is 58.6 Å². The molecule has 1 fully saturated rings. The molecule has 78 valence electrons. The molecule has 0 heterocycles. The zero-order valence-electron chi connectivity index (χ0n) is 9.30. The Hall–Kier alpha value is -0.0800. The molecule has 0 aliphatic heterocycles. The SMILES string of the molecule is CC(C)C(N)C1(O)CCC(C)(C)C1. The van der Waals surface area contributed by atoms with Crippen LogP contribution in [0.3, 0.4) is 0 Å². The Bertz CT molecular complexity index is 189. The van der Waals surface area contributed by atoms with E-state index in [0.717, 1.165) is 19.3 Å². The fraction of sp³-hybridized carbons (Fsp3) is 1.00. The van der Waals surface area contributed by atoms with Gasteiger partial charge in [-0.3, -0.25) is 0 Å². The standard InChI is InChI=1S/C11H23NO/c1-8(2)9(12)11(13)6-5-10(3,4)7-11/h8-9,13H,5-7,12H2,1-4H3. The van der Waals surface area contributed by atoms with Gasteiger partial charge in [-0.05, 0) is 30.6 Å². The minimum atomic E-state index is -0.613. The summed E-state index contributed by atoms with van der Waals surface area (Å²) in [5.41, 5.74) is 5.68. The minimum Gasteiger partial charge on any atom is -0.388 e. The van der Waals surface area contributed by atoms with Gasteiger partial charge >= 0.3 is 0 Å². The second kappa shape index (κ2) is 3.25. The summed E-state index contributed by atoms with van der Waals surface area (Å²) in [5, 5.41) is 10.3. The van der Waals surface area contributed by atoms with Crippen LogP contribution in [0.1, 0.15) is 47.0 Å². The van der Waals surface area contributed by atoms with Crippen LogP contribution in [0.2, 0.25) is 0 Å². The molecule has 0 radical (unpaired) electrons. The zero-order valence-corrected chi connectivity index (χ0v) is 9.30. The Morgan fingerprint density at radius 2 is 1.77 bits per heavy atom. The van der Waals surface area contributed by atoms with Crippen molar-refractivity contribution in [2.24, 2.45) is 17.1 Å². The van der Waals surface area contributed by atoms with E-state index in [9.17, 15) is 5.11 Å². The topological polar surface area (TPSA) is 46.2 Å². The third-order valence-corrected chi connectivity index (χ3v) is 3.36. The molecular weight excluding hydrogens is 162 g/mol. The normalized spacial score (nSPS) is 35.3. The van der Waals surface area contributed by atoms with Crippen molar-refractivity contribution in [3.63, 3.8) is 0 Å². The molecule has 0 saturated heterocycles. The first kappa shape index (κ1) is 11.0. The van der Waals surface area contributed by atoms with Crippen LogP contribution < -0.4 is 5.73 Å². The first-order chi connectivity index (χ1) is 5.77. The van der Waals surface area contributed by atoms with Gasteiger partial charge in [-0.15, -0.1) is 0 Å². The lowest BCUT2D eigenvalue weighted by atomic mass is 9.82. The van der Waals surface area contributed by atoms with Crippen LogP contribution in [0.25, 0.3) is 0 Å². The number of hydrogen-bond acceptors (Lipinski definition) is 2. The monoisotopic (exact) mass is 185 g/mol. The Morgan fingerprint density at radius 1 is 1.23 bits per heavy atom. The van der Waals surface area contributed by atoms with Crippen LogP contribution in [0.5, 0.6) is 0 Å². The summed E-state index contributed by atoms with van der Waals surface area (Å²) < 4.78 is 0. The molecule has 13 heavy (non-hydrogen) atoms. The average molecular weight is 185 g/mol. The van der Waals surface area contributed by atoms with Gasteiger partial charge in [0.05, 0.1) is 5.60 Å². The third kappa shape index (κ3) is 2.23. The van der Waals surface area contributed by atoms with Gasteiger partial charge in [-0.25, -0.2) is 0 Å². The highest BCUT2D eigenvalue weighted by Crippen LogP contribution is 2.45. The summed E-state index contributed by atoms with van der Waals surface area (Å²) in [4.78, 5) is 0. The van der Waals surface area contributed by atoms with Crippen molar-refractivity contribution in [2.75, 3.05) is 0 Å². The van der Waals surface area contributed by atoms with Crippen LogP contribution in [0, 0.1) is 11.3 Å². The minimum absolute atomic E-state index is 0.0747. The molecule has 2 unspecified atom stereocenters. The van der Waals surface area contributed by atoms with Crippen molar-refractivity contribution in [3.05, 3.63) is 0 Å². The lowest BCUT2D eigenvalue weighted by Gasteiger charge is -2.33. The average Bonchev–Trinajstić information content (AvgIpc) is 2.25. The highest BCUT2D eigenvalue weighted by Gasteiger charge is 2.46. The predicted octanol–water partition coefficient (Wildman–Crippen LogP) is 1.91. The van der Waals surface area contributed by atoms with E-state index in [0.29, 0.717) is 5.92 Å². The molecule has 2 heteroatoms. The maximum atomic E-state index is 10.3. The fourth-order valence-corrected chi connectivity index (χ4v) is 2.47. The van der Waals surface area contributed by atoms with Crippen LogP contribution >= 0.6 is 0 Å². The fourth-order valence-electron chi connectivity index (χ4n) is 2.47. The van der Waals surface area contributed by atoms with Crippen LogP contribution in [-0.2, 0) is 0 Å². The molecule has 1 aliphatic carbocycles. The maximum Gasteiger partial charge on any atom is 0.0805 e. The highest BCUT2D eigenvalue weighted by atomic mass is 16.3. The van der Waals surface area contributed by atoms with Crippen LogP contribution in [0.15, 0.2) is 0 Å². The first-order valence-corrected chi connectivity index (χ1v) is 5.25. The number of hydrogen-bond donors (Lipinski definition) is 2. The predicted molar refractivity (Wildman–Crippen MR) is 55.4 cm³/mol. The molecule has 0 spiro atoms. The summed E-state index contributed by atoms with van der Waals surface area (Å²) in [6, 6.07) is -0.0747. The van der Waals surface area contributed by atoms with E-state index in [1.165, 1.54) is 0 Å². The Balaban J connectivity index is 2.69. The molecule has 2 atom stereocenters. The Morgan fingerprint density at radius 3 is 2.08 bits per heavy atom. The van der Waals surface area contributed by atoms with E-state index < -0.39 is 5.60 Å². The van der Waals surface area contributed by atoms with Gasteiger partial charge in [0.25, 0.3) is 0 Å². The van der Waals surface area contributed by atoms with E-state index in [-0.39, 0.29) is 11.5 Å². The number of rotatable bonds is 2. The van der Waals surface area contributed by atoms with E-state index in [4.69, 9.17) is 5.73 Å². The van der Waals surface area contributed by atoms with Gasteiger partial charge in [-0.1, -0.05) is 27.7 Å². The van der Waals surface area contributed by atoms with Gasteiger partial charge in [-0.2, -0.15) is 0 Å². The van der Waals surface area contributed by atoms with Gasteiger partial charge in [0.2, 0.25) is 0 Å². The first-order valence-electron chi connectivity index (χ1n) is 5.25. The quantitative estimate of drug-likeness (QED) is 0.690. The third-order valence-electron chi connectivity index (χ3n) is 3.36. The number of aliphatic hydroxyl groups is 1. The molecule has 2 nitrogen and oxygen atoms in total. The highest BCUT2D eigenvalue weighted by molar-refractivity contribution is 5.00. The lowest BCUT2D eigenvalue weighted by Crippen LogP contribution is -2.49. The van der Waals surface area contributed by atoms with Gasteiger partial charge in [0.1, 0.15) is 0 Å². The van der Waals surface area contributed by atoms with Crippen LogP contribution in [0.4, 0.5) is 0 Å². The van der Waals surface area contributed by atoms with E-state index in [1.807, 2.05) is 0 Å². The van der Waals surface area contributed by atoms with E-state index in [2.05, 4.69) is 27.7 Å². The summed E-state index contributed by atoms with van der Waals surface area (Å²) in [5.74, 6) is 0.360. The van der Waals surface area contributed by atoms with Crippen molar-refractivity contribution in [1.82, 2.24) is 0 Å². The molecule has 3 N–H and O–H groups in total. The maximum absolute atomic E-state index is 10.3. The summed E-state index contributed by atoms with van der Waals surface area (Å²) in [6.45, 7) is 8.57. The molecule has 0 amide bonds. The van der Waals surface area contributed by atoms with Gasteiger partial charge in [0, 0.05) is 6.04 Å². The van der Waals surface area contributed by atoms with Crippen LogP contribution in [-0.4, -0.2) is 16.7 Å². The van der Waals surface area contributed by atoms with Crippen molar-refractivity contribution < 1.29 is 5.11 Å². The van der Waals surface area contributed by atoms with E-state index >= 15 is 0 Å². The molecule has 0 aromatic rings. The molecular formula is C11H23NO. The van der Waals surface area contributed by atoms with Crippen molar-refractivity contribution in [1.29, 1.82) is 0 Å². The number of nitrogens with two attached hydrogens (primary N) is 1. The Kier molecular flexibility index (Phi) is 2.75. The van der Waals surface area contributed by atoms with Crippen molar-refractivity contribution >= 4 is 0 Å². The molecule has 1 rings (SSSR count).